The van der Waals surface area contributed by atoms with Crippen molar-refractivity contribution in [2.75, 3.05) is 19.7 Å². The Morgan fingerprint density at radius 1 is 1.00 bits per heavy atom. The molecule has 1 aromatic carbocycles. The molecule has 0 saturated carbocycles. The van der Waals surface area contributed by atoms with Crippen molar-refractivity contribution in [3.8, 4) is 5.75 Å². The molecule has 0 spiro atoms. The summed E-state index contributed by atoms with van der Waals surface area (Å²) in [5.41, 5.74) is 1.06. The molecule has 2 rings (SSSR count). The number of aryl methyl sites for hydroxylation is 1. The molecule has 0 radical (unpaired) electrons. The van der Waals surface area contributed by atoms with Crippen molar-refractivity contribution in [1.82, 2.24) is 14.4 Å². The maximum absolute atomic E-state index is 13.1. The van der Waals surface area contributed by atoms with E-state index in [1.165, 1.54) is 0 Å². The van der Waals surface area contributed by atoms with Gasteiger partial charge in [-0.2, -0.15) is 0 Å². The van der Waals surface area contributed by atoms with Crippen molar-refractivity contribution < 1.29 is 14.3 Å². The Hall–Kier alpha value is -2.76. The molecule has 0 bridgehead atoms. The minimum Gasteiger partial charge on any atom is -0.484 e. The molecule has 2 aromatic rings. The maximum atomic E-state index is 13.1. The lowest BCUT2D eigenvalue weighted by Crippen LogP contribution is -2.48. The molecule has 1 aromatic heterocycles. The summed E-state index contributed by atoms with van der Waals surface area (Å²) in [5, 5.41) is 0. The van der Waals surface area contributed by atoms with Crippen molar-refractivity contribution in [1.29, 1.82) is 0 Å². The van der Waals surface area contributed by atoms with E-state index in [1.54, 1.807) is 4.90 Å². The van der Waals surface area contributed by atoms with Crippen molar-refractivity contribution in [2.45, 2.75) is 40.3 Å². The van der Waals surface area contributed by atoms with Gasteiger partial charge in [-0.3, -0.25) is 9.59 Å². The highest BCUT2D eigenvalue weighted by molar-refractivity contribution is 5.85. The van der Waals surface area contributed by atoms with Gasteiger partial charge in [-0.15, -0.1) is 0 Å². The molecule has 0 unspecified atom stereocenters. The third kappa shape index (κ3) is 6.97. The van der Waals surface area contributed by atoms with Crippen LogP contribution in [0.5, 0.6) is 5.75 Å². The molecular weight excluding hydrogens is 366 g/mol. The number of hydrogen-bond donors (Lipinski definition) is 0. The van der Waals surface area contributed by atoms with Crippen LogP contribution in [0, 0.1) is 5.92 Å². The predicted molar refractivity (Wildman–Crippen MR) is 114 cm³/mol. The zero-order valence-electron chi connectivity index (χ0n) is 18.2. The standard InChI is InChI=1S/C23H33N3O3/c1-18(2)14-25(15-20-10-9-13-24(20)5)22(27)16-26(19(3)4)23(28)17-29-21-11-7-6-8-12-21/h6-13,18-19H,14-17H2,1-5H3. The molecule has 6 nitrogen and oxygen atoms in total. The van der Waals surface area contributed by atoms with Gasteiger partial charge in [-0.25, -0.2) is 0 Å². The fourth-order valence-electron chi connectivity index (χ4n) is 3.10. The van der Waals surface area contributed by atoms with Gasteiger partial charge >= 0.3 is 0 Å². The highest BCUT2D eigenvalue weighted by Gasteiger charge is 2.24. The second-order valence-corrected chi connectivity index (χ2v) is 8.00. The van der Waals surface area contributed by atoms with Crippen LogP contribution in [-0.4, -0.2) is 51.9 Å². The molecule has 0 saturated heterocycles. The van der Waals surface area contributed by atoms with Gasteiger partial charge in [0.25, 0.3) is 5.91 Å². The Bertz CT molecular complexity index is 784. The maximum Gasteiger partial charge on any atom is 0.261 e. The van der Waals surface area contributed by atoms with Crippen molar-refractivity contribution >= 4 is 11.8 Å². The smallest absolute Gasteiger partial charge is 0.261 e. The largest absolute Gasteiger partial charge is 0.484 e. The zero-order valence-corrected chi connectivity index (χ0v) is 18.2. The third-order valence-electron chi connectivity index (χ3n) is 4.70. The van der Waals surface area contributed by atoms with Crippen LogP contribution in [0.15, 0.2) is 48.7 Å². The number of carbonyl (C=O) groups is 2. The van der Waals surface area contributed by atoms with Gasteiger partial charge in [0.1, 0.15) is 12.3 Å². The second-order valence-electron chi connectivity index (χ2n) is 8.00. The minimum absolute atomic E-state index is 0.0474. The molecule has 6 heteroatoms. The second kappa shape index (κ2) is 10.7. The molecular formula is C23H33N3O3. The van der Waals surface area contributed by atoms with Gasteiger partial charge in [-0.1, -0.05) is 32.0 Å². The first-order chi connectivity index (χ1) is 13.8. The molecule has 0 aliphatic heterocycles. The fraction of sp³-hybridized carbons (Fsp3) is 0.478. The number of nitrogens with zero attached hydrogens (tertiary/aromatic N) is 3. The molecule has 1 heterocycles. The van der Waals surface area contributed by atoms with E-state index in [0.717, 1.165) is 5.69 Å². The van der Waals surface area contributed by atoms with Crippen LogP contribution in [0.25, 0.3) is 0 Å². The first-order valence-electron chi connectivity index (χ1n) is 10.1. The van der Waals surface area contributed by atoms with Crippen LogP contribution in [0.4, 0.5) is 0 Å². The average molecular weight is 400 g/mol. The van der Waals surface area contributed by atoms with Crippen LogP contribution in [0.1, 0.15) is 33.4 Å². The first kappa shape index (κ1) is 22.5. The number of ether oxygens (including phenoxy) is 1. The quantitative estimate of drug-likeness (QED) is 0.616. The number of aromatic nitrogens is 1. The molecule has 158 valence electrons. The van der Waals surface area contributed by atoms with Crippen LogP contribution in [0.3, 0.4) is 0 Å². The molecule has 0 fully saturated rings. The number of hydrogen-bond acceptors (Lipinski definition) is 3. The van der Waals surface area contributed by atoms with Crippen molar-refractivity contribution in [3.63, 3.8) is 0 Å². The first-order valence-corrected chi connectivity index (χ1v) is 10.1. The summed E-state index contributed by atoms with van der Waals surface area (Å²) in [4.78, 5) is 29.2. The summed E-state index contributed by atoms with van der Waals surface area (Å²) < 4.78 is 7.60. The summed E-state index contributed by atoms with van der Waals surface area (Å²) in [5.74, 6) is 0.729. The summed E-state index contributed by atoms with van der Waals surface area (Å²) in [6.45, 7) is 9.14. The van der Waals surface area contributed by atoms with E-state index in [4.69, 9.17) is 4.74 Å². The number of para-hydroxylation sites is 1. The summed E-state index contributed by atoms with van der Waals surface area (Å²) in [7, 11) is 1.97. The van der Waals surface area contributed by atoms with Gasteiger partial charge in [0, 0.05) is 31.5 Å². The van der Waals surface area contributed by atoms with Crippen LogP contribution >= 0.6 is 0 Å². The molecule has 2 amide bonds. The zero-order chi connectivity index (χ0) is 21.4. The Morgan fingerprint density at radius 3 is 2.24 bits per heavy atom. The Kier molecular flexibility index (Phi) is 8.31. The van der Waals surface area contributed by atoms with Crippen molar-refractivity contribution in [2.24, 2.45) is 13.0 Å². The van der Waals surface area contributed by atoms with E-state index in [-0.39, 0.29) is 31.0 Å². The van der Waals surface area contributed by atoms with E-state index in [1.807, 2.05) is 79.0 Å². The van der Waals surface area contributed by atoms with Crippen LogP contribution < -0.4 is 4.74 Å². The van der Waals surface area contributed by atoms with Gasteiger partial charge in [-0.05, 0) is 44.0 Å². The fourth-order valence-corrected chi connectivity index (χ4v) is 3.10. The number of carbonyl (C=O) groups excluding carboxylic acids is 2. The van der Waals surface area contributed by atoms with Crippen LogP contribution in [0.2, 0.25) is 0 Å². The highest BCUT2D eigenvalue weighted by atomic mass is 16.5. The topological polar surface area (TPSA) is 54.8 Å². The Labute approximate surface area is 174 Å². The van der Waals surface area contributed by atoms with E-state index in [2.05, 4.69) is 13.8 Å². The third-order valence-corrected chi connectivity index (χ3v) is 4.70. The Morgan fingerprint density at radius 2 is 1.69 bits per heavy atom. The number of benzene rings is 1. The molecule has 0 atom stereocenters. The summed E-state index contributed by atoms with van der Waals surface area (Å²) in [6.07, 6.45) is 1.97. The SMILES string of the molecule is CC(C)CN(Cc1cccn1C)C(=O)CN(C(=O)COc1ccccc1)C(C)C. The minimum atomic E-state index is -0.194. The molecule has 29 heavy (non-hydrogen) atoms. The lowest BCUT2D eigenvalue weighted by Gasteiger charge is -2.31. The van der Waals surface area contributed by atoms with Gasteiger partial charge in [0.05, 0.1) is 6.54 Å². The molecule has 0 aliphatic carbocycles. The van der Waals surface area contributed by atoms with E-state index >= 15 is 0 Å². The van der Waals surface area contributed by atoms with Crippen molar-refractivity contribution in [3.05, 3.63) is 54.4 Å². The monoisotopic (exact) mass is 399 g/mol. The van der Waals surface area contributed by atoms with E-state index in [0.29, 0.717) is 24.8 Å². The Balaban J connectivity index is 2.04. The average Bonchev–Trinajstić information content (AvgIpc) is 3.08. The molecule has 0 N–H and O–H groups in total. The van der Waals surface area contributed by atoms with Gasteiger partial charge in [0.2, 0.25) is 5.91 Å². The normalized spacial score (nSPS) is 11.0. The predicted octanol–water partition coefficient (Wildman–Crippen LogP) is 3.33. The van der Waals surface area contributed by atoms with Crippen LogP contribution in [-0.2, 0) is 23.2 Å². The van der Waals surface area contributed by atoms with E-state index < -0.39 is 0 Å². The number of rotatable bonds is 10. The van der Waals surface area contributed by atoms with Gasteiger partial charge < -0.3 is 19.1 Å². The summed E-state index contributed by atoms with van der Waals surface area (Å²) >= 11 is 0. The lowest BCUT2D eigenvalue weighted by atomic mass is 10.2. The van der Waals surface area contributed by atoms with E-state index in [9.17, 15) is 9.59 Å². The lowest BCUT2D eigenvalue weighted by molar-refractivity contribution is -0.143. The molecule has 0 aliphatic rings. The summed E-state index contributed by atoms with van der Waals surface area (Å²) in [6, 6.07) is 13.1. The highest BCUT2D eigenvalue weighted by Crippen LogP contribution is 2.12. The van der Waals surface area contributed by atoms with Gasteiger partial charge in [0.15, 0.2) is 6.61 Å². The number of amides is 2.